The van der Waals surface area contributed by atoms with E-state index in [9.17, 15) is 0 Å². The number of hydrogen-bond donors (Lipinski definition) is 0. The molecular weight excluding hydrogens is 733 g/mol. The van der Waals surface area contributed by atoms with Crippen LogP contribution in [0.3, 0.4) is 0 Å². The molecule has 0 N–H and O–H groups in total. The number of benzene rings is 12. The molecule has 2 aliphatic rings. The van der Waals surface area contributed by atoms with Gasteiger partial charge in [-0.15, -0.1) is 0 Å². The lowest BCUT2D eigenvalue weighted by atomic mass is 9.68. The van der Waals surface area contributed by atoms with Crippen molar-refractivity contribution in [3.63, 3.8) is 0 Å². The molecule has 0 heteroatoms. The summed E-state index contributed by atoms with van der Waals surface area (Å²) < 4.78 is 0. The Hall–Kier alpha value is -7.80. The molecule has 0 bridgehead atoms. The molecule has 0 aromatic heterocycles. The van der Waals surface area contributed by atoms with Gasteiger partial charge in [-0.3, -0.25) is 0 Å². The van der Waals surface area contributed by atoms with Crippen LogP contribution in [0.5, 0.6) is 0 Å². The molecule has 14 rings (SSSR count). The van der Waals surface area contributed by atoms with Crippen molar-refractivity contribution in [1.29, 1.82) is 0 Å². The summed E-state index contributed by atoms with van der Waals surface area (Å²) in [5.41, 5.74) is 15.4. The van der Waals surface area contributed by atoms with Gasteiger partial charge in [0.25, 0.3) is 0 Å². The van der Waals surface area contributed by atoms with Gasteiger partial charge in [0.05, 0.1) is 5.41 Å². The highest BCUT2D eigenvalue weighted by molar-refractivity contribution is 6.25. The number of hydrogen-bond acceptors (Lipinski definition) is 0. The average molecular weight is 769 g/mol. The van der Waals surface area contributed by atoms with E-state index in [0.717, 1.165) is 0 Å². The molecule has 0 nitrogen and oxygen atoms in total. The normalized spacial score (nSPS) is 13.4. The van der Waals surface area contributed by atoms with Gasteiger partial charge in [0.2, 0.25) is 0 Å². The van der Waals surface area contributed by atoms with Crippen LogP contribution in [0.4, 0.5) is 0 Å². The molecule has 280 valence electrons. The predicted octanol–water partition coefficient (Wildman–Crippen LogP) is 16.3. The van der Waals surface area contributed by atoms with E-state index >= 15 is 0 Å². The summed E-state index contributed by atoms with van der Waals surface area (Å²) >= 11 is 0. The number of rotatable bonds is 2. The molecule has 12 aromatic carbocycles. The van der Waals surface area contributed by atoms with E-state index in [1.807, 2.05) is 0 Å². The minimum atomic E-state index is -0.497. The largest absolute Gasteiger partial charge is 0.0737 e. The zero-order valence-corrected chi connectivity index (χ0v) is 33.3. The topological polar surface area (TPSA) is 0 Å². The fourth-order valence-corrected chi connectivity index (χ4v) is 11.9. The second-order valence-corrected chi connectivity index (χ2v) is 17.0. The Bertz CT molecular complexity index is 3780. The van der Waals surface area contributed by atoms with Crippen molar-refractivity contribution in [3.8, 4) is 44.5 Å². The molecular formula is C61H36. The van der Waals surface area contributed by atoms with E-state index in [1.54, 1.807) is 0 Å². The van der Waals surface area contributed by atoms with Crippen molar-refractivity contribution in [2.45, 2.75) is 5.41 Å². The first kappa shape index (κ1) is 33.1. The van der Waals surface area contributed by atoms with Crippen molar-refractivity contribution >= 4 is 64.6 Å². The van der Waals surface area contributed by atoms with Gasteiger partial charge in [0, 0.05) is 0 Å². The molecule has 61 heavy (non-hydrogen) atoms. The van der Waals surface area contributed by atoms with Crippen LogP contribution in [0.15, 0.2) is 218 Å². The van der Waals surface area contributed by atoms with Crippen LogP contribution >= 0.6 is 0 Å². The monoisotopic (exact) mass is 768 g/mol. The third-order valence-corrected chi connectivity index (χ3v) is 14.2. The van der Waals surface area contributed by atoms with Gasteiger partial charge in [0.15, 0.2) is 0 Å². The molecule has 0 aliphatic heterocycles. The molecule has 0 heterocycles. The SMILES string of the molecule is c1ccc2c(c1)-c1ccccc1C21c2c(ccc3ccccc23)-c2c1c1ccc(-c3c4ccccc4c(-c4ccc5ccccc5c4)c4ccccc34)cc1c1ccccc21. The molecule has 0 fully saturated rings. The van der Waals surface area contributed by atoms with Crippen molar-refractivity contribution in [3.05, 3.63) is 241 Å². The molecule has 0 radical (unpaired) electrons. The summed E-state index contributed by atoms with van der Waals surface area (Å²) in [6, 6.07) is 82.4. The average Bonchev–Trinajstić information content (AvgIpc) is 3.81. The highest BCUT2D eigenvalue weighted by atomic mass is 14.5. The van der Waals surface area contributed by atoms with Crippen LogP contribution < -0.4 is 0 Å². The lowest BCUT2D eigenvalue weighted by Crippen LogP contribution is -2.26. The van der Waals surface area contributed by atoms with Gasteiger partial charge in [0.1, 0.15) is 0 Å². The van der Waals surface area contributed by atoms with Crippen LogP contribution in [0.1, 0.15) is 22.3 Å². The Morgan fingerprint density at radius 1 is 0.230 bits per heavy atom. The predicted molar refractivity (Wildman–Crippen MR) is 259 cm³/mol. The summed E-state index contributed by atoms with van der Waals surface area (Å²) in [6.45, 7) is 0. The molecule has 0 saturated carbocycles. The van der Waals surface area contributed by atoms with Crippen molar-refractivity contribution < 1.29 is 0 Å². The smallest absolute Gasteiger partial charge is 0.0619 e. The van der Waals surface area contributed by atoms with Crippen LogP contribution in [0.25, 0.3) is 109 Å². The van der Waals surface area contributed by atoms with Gasteiger partial charge in [-0.25, -0.2) is 0 Å². The molecule has 0 atom stereocenters. The van der Waals surface area contributed by atoms with Crippen LogP contribution in [-0.2, 0) is 5.41 Å². The van der Waals surface area contributed by atoms with Crippen molar-refractivity contribution in [2.24, 2.45) is 0 Å². The number of fused-ring (bicyclic) bond motifs is 20. The first-order valence-electron chi connectivity index (χ1n) is 21.4. The summed E-state index contributed by atoms with van der Waals surface area (Å²) in [4.78, 5) is 0. The molecule has 1 spiro atoms. The van der Waals surface area contributed by atoms with E-state index < -0.39 is 5.41 Å². The molecule has 0 saturated heterocycles. The molecule has 2 aliphatic carbocycles. The summed E-state index contributed by atoms with van der Waals surface area (Å²) in [5, 5.41) is 15.4. The lowest BCUT2D eigenvalue weighted by molar-refractivity contribution is 0.809. The summed E-state index contributed by atoms with van der Waals surface area (Å²) in [5.74, 6) is 0. The van der Waals surface area contributed by atoms with E-state index in [2.05, 4.69) is 218 Å². The highest BCUT2D eigenvalue weighted by Crippen LogP contribution is 2.66. The Morgan fingerprint density at radius 3 is 1.33 bits per heavy atom. The molecule has 0 amide bonds. The highest BCUT2D eigenvalue weighted by Gasteiger charge is 2.53. The third-order valence-electron chi connectivity index (χ3n) is 14.2. The maximum Gasteiger partial charge on any atom is 0.0737 e. The lowest BCUT2D eigenvalue weighted by Gasteiger charge is -2.32. The Morgan fingerprint density at radius 2 is 0.689 bits per heavy atom. The fourth-order valence-electron chi connectivity index (χ4n) is 11.9. The van der Waals surface area contributed by atoms with E-state index in [-0.39, 0.29) is 0 Å². The zero-order chi connectivity index (χ0) is 39.8. The minimum Gasteiger partial charge on any atom is -0.0619 e. The minimum absolute atomic E-state index is 0.497. The fraction of sp³-hybridized carbons (Fsp3) is 0.0164. The van der Waals surface area contributed by atoms with Gasteiger partial charge in [-0.05, 0) is 144 Å². The molecule has 12 aromatic rings. The first-order valence-corrected chi connectivity index (χ1v) is 21.4. The Balaban J connectivity index is 1.12. The van der Waals surface area contributed by atoms with Crippen molar-refractivity contribution in [1.82, 2.24) is 0 Å². The van der Waals surface area contributed by atoms with Gasteiger partial charge in [-0.2, -0.15) is 0 Å². The van der Waals surface area contributed by atoms with Gasteiger partial charge in [-0.1, -0.05) is 206 Å². The quantitative estimate of drug-likeness (QED) is 0.121. The van der Waals surface area contributed by atoms with Gasteiger partial charge >= 0.3 is 0 Å². The second kappa shape index (κ2) is 12.1. The van der Waals surface area contributed by atoms with Crippen LogP contribution in [0.2, 0.25) is 0 Å². The second-order valence-electron chi connectivity index (χ2n) is 17.0. The third kappa shape index (κ3) is 4.24. The Labute approximate surface area is 353 Å². The maximum atomic E-state index is 2.52. The van der Waals surface area contributed by atoms with Crippen LogP contribution in [0, 0.1) is 0 Å². The van der Waals surface area contributed by atoms with Crippen molar-refractivity contribution in [2.75, 3.05) is 0 Å². The van der Waals surface area contributed by atoms with E-state index in [1.165, 1.54) is 131 Å². The standard InChI is InChI=1S/C61H36/c1-2-17-39-35-40(30-29-37(39)15-1)56-47-23-7-9-25-49(47)57(50-26-10-8-24-48(50)56)41-32-33-51-53(36-41)43-19-5-6-22-46(43)58-52-34-31-38-16-3-4-18-42(38)59(52)61(60(51)58)54-27-13-11-20-44(54)45-21-12-14-28-55(45)61/h1-36H. The van der Waals surface area contributed by atoms with E-state index in [4.69, 9.17) is 0 Å². The zero-order valence-electron chi connectivity index (χ0n) is 33.3. The summed E-state index contributed by atoms with van der Waals surface area (Å²) in [6.07, 6.45) is 0. The first-order chi connectivity index (χ1) is 30.3. The molecule has 0 unspecified atom stereocenters. The van der Waals surface area contributed by atoms with Crippen LogP contribution in [-0.4, -0.2) is 0 Å². The van der Waals surface area contributed by atoms with Gasteiger partial charge < -0.3 is 0 Å². The maximum absolute atomic E-state index is 2.52. The Kier molecular flexibility index (Phi) is 6.58. The van der Waals surface area contributed by atoms with E-state index in [0.29, 0.717) is 0 Å². The summed E-state index contributed by atoms with van der Waals surface area (Å²) in [7, 11) is 0.